The van der Waals surface area contributed by atoms with Crippen LogP contribution in [0.25, 0.3) is 0 Å². The Bertz CT molecular complexity index is 562. The Labute approximate surface area is 122 Å². The quantitative estimate of drug-likeness (QED) is 0.831. The Morgan fingerprint density at radius 3 is 2.79 bits per heavy atom. The number of anilines is 1. The van der Waals surface area contributed by atoms with Crippen LogP contribution in [0, 0.1) is 0 Å². The lowest BCUT2D eigenvalue weighted by Crippen LogP contribution is -2.27. The molecule has 19 heavy (non-hydrogen) atoms. The van der Waals surface area contributed by atoms with Crippen LogP contribution in [0.2, 0.25) is 0 Å². The van der Waals surface area contributed by atoms with Gasteiger partial charge in [0.1, 0.15) is 10.8 Å². The van der Waals surface area contributed by atoms with Crippen molar-refractivity contribution in [2.45, 2.75) is 19.3 Å². The molecular weight excluding hydrogens is 274 g/mol. The number of aromatic nitrogens is 1. The van der Waals surface area contributed by atoms with Crippen LogP contribution in [0.15, 0.2) is 35.7 Å². The van der Waals surface area contributed by atoms with Crippen molar-refractivity contribution >= 4 is 34.4 Å². The highest BCUT2D eigenvalue weighted by Gasteiger charge is 2.21. The number of hydrogen-bond acceptors (Lipinski definition) is 4. The molecule has 2 heterocycles. The smallest absolute Gasteiger partial charge is 0.126 e. The summed E-state index contributed by atoms with van der Waals surface area (Å²) in [4.78, 5) is 6.06. The number of nitrogens with one attached hydrogen (secondary N) is 1. The van der Waals surface area contributed by atoms with Gasteiger partial charge in [-0.25, -0.2) is 4.98 Å². The Morgan fingerprint density at radius 1 is 1.37 bits per heavy atom. The van der Waals surface area contributed by atoms with Crippen molar-refractivity contribution in [3.63, 3.8) is 0 Å². The van der Waals surface area contributed by atoms with Gasteiger partial charge in [-0.2, -0.15) is 0 Å². The van der Waals surface area contributed by atoms with Crippen molar-refractivity contribution in [1.29, 1.82) is 0 Å². The van der Waals surface area contributed by atoms with E-state index in [0.29, 0.717) is 10.7 Å². The maximum absolute atomic E-state index is 5.58. The molecule has 0 fully saturated rings. The van der Waals surface area contributed by atoms with Gasteiger partial charge >= 0.3 is 0 Å². The average molecular weight is 291 g/mol. The zero-order chi connectivity index (χ0) is 13.9. The number of pyridine rings is 1. The minimum absolute atomic E-state index is 0.0646. The van der Waals surface area contributed by atoms with Gasteiger partial charge in [0.05, 0.1) is 5.69 Å². The highest BCUT2D eigenvalue weighted by molar-refractivity contribution is 7.80. The molecule has 2 aromatic heterocycles. The van der Waals surface area contributed by atoms with Gasteiger partial charge in [0.2, 0.25) is 0 Å². The minimum atomic E-state index is 0.0646. The van der Waals surface area contributed by atoms with Crippen LogP contribution in [0.1, 0.15) is 24.4 Å². The van der Waals surface area contributed by atoms with E-state index in [-0.39, 0.29) is 5.41 Å². The first-order valence-electron chi connectivity index (χ1n) is 6.04. The molecule has 0 saturated heterocycles. The van der Waals surface area contributed by atoms with Crippen molar-refractivity contribution in [3.8, 4) is 0 Å². The maximum Gasteiger partial charge on any atom is 0.126 e. The van der Waals surface area contributed by atoms with E-state index in [0.717, 1.165) is 12.4 Å². The molecule has 2 rings (SSSR count). The molecule has 0 aliphatic heterocycles. The van der Waals surface area contributed by atoms with Gasteiger partial charge < -0.3 is 11.1 Å². The van der Waals surface area contributed by atoms with Crippen molar-refractivity contribution in [2.24, 2.45) is 5.73 Å². The molecule has 0 aromatic carbocycles. The molecule has 0 atom stereocenters. The molecule has 3 N–H and O–H groups in total. The predicted molar refractivity (Wildman–Crippen MR) is 86.0 cm³/mol. The molecular formula is C14H17N3S2. The predicted octanol–water partition coefficient (Wildman–Crippen LogP) is 3.17. The summed E-state index contributed by atoms with van der Waals surface area (Å²) < 4.78 is 0. The molecule has 0 amide bonds. The van der Waals surface area contributed by atoms with Gasteiger partial charge in [-0.3, -0.25) is 0 Å². The number of hydrogen-bond donors (Lipinski definition) is 2. The van der Waals surface area contributed by atoms with E-state index in [1.807, 2.05) is 18.2 Å². The zero-order valence-electron chi connectivity index (χ0n) is 11.0. The van der Waals surface area contributed by atoms with E-state index >= 15 is 0 Å². The summed E-state index contributed by atoms with van der Waals surface area (Å²) in [5.41, 5.74) is 6.30. The first kappa shape index (κ1) is 14.0. The van der Waals surface area contributed by atoms with E-state index in [9.17, 15) is 0 Å². The fraction of sp³-hybridized carbons (Fsp3) is 0.286. The second-order valence-electron chi connectivity index (χ2n) is 4.99. The van der Waals surface area contributed by atoms with Crippen LogP contribution in [-0.4, -0.2) is 16.5 Å². The van der Waals surface area contributed by atoms with E-state index < -0.39 is 0 Å². The van der Waals surface area contributed by atoms with Crippen molar-refractivity contribution in [2.75, 3.05) is 11.9 Å². The van der Waals surface area contributed by atoms with Crippen LogP contribution >= 0.6 is 23.6 Å². The zero-order valence-corrected chi connectivity index (χ0v) is 12.6. The normalized spacial score (nSPS) is 11.3. The summed E-state index contributed by atoms with van der Waals surface area (Å²) in [5, 5.41) is 5.45. The second kappa shape index (κ2) is 5.67. The topological polar surface area (TPSA) is 50.9 Å². The lowest BCUT2D eigenvalue weighted by Gasteiger charge is -2.24. The van der Waals surface area contributed by atoms with Crippen LogP contribution in [0.3, 0.4) is 0 Å². The van der Waals surface area contributed by atoms with Crippen LogP contribution in [0.4, 0.5) is 5.82 Å². The molecule has 5 heteroatoms. The summed E-state index contributed by atoms with van der Waals surface area (Å²) in [6.07, 6.45) is 0. The lowest BCUT2D eigenvalue weighted by atomic mass is 9.91. The number of rotatable bonds is 5. The Balaban J connectivity index is 2.06. The third-order valence-electron chi connectivity index (χ3n) is 2.90. The van der Waals surface area contributed by atoms with Crippen LogP contribution in [-0.2, 0) is 5.41 Å². The highest BCUT2D eigenvalue weighted by Crippen LogP contribution is 2.27. The van der Waals surface area contributed by atoms with Crippen molar-refractivity contribution < 1.29 is 0 Å². The average Bonchev–Trinajstić information content (AvgIpc) is 2.91. The van der Waals surface area contributed by atoms with Gasteiger partial charge in [0.25, 0.3) is 0 Å². The molecule has 3 nitrogen and oxygen atoms in total. The minimum Gasteiger partial charge on any atom is -0.388 e. The van der Waals surface area contributed by atoms with Gasteiger partial charge in [0.15, 0.2) is 0 Å². The highest BCUT2D eigenvalue weighted by atomic mass is 32.1. The van der Waals surface area contributed by atoms with Crippen molar-refractivity contribution in [1.82, 2.24) is 4.98 Å². The van der Waals surface area contributed by atoms with E-state index in [1.54, 1.807) is 11.3 Å². The fourth-order valence-electron chi connectivity index (χ4n) is 1.73. The van der Waals surface area contributed by atoms with Gasteiger partial charge in [-0.15, -0.1) is 11.3 Å². The molecule has 0 aliphatic rings. The second-order valence-corrected chi connectivity index (χ2v) is 6.37. The number of thiophene rings is 1. The summed E-state index contributed by atoms with van der Waals surface area (Å²) in [6.45, 7) is 5.23. The van der Waals surface area contributed by atoms with E-state index in [2.05, 4.69) is 41.7 Å². The molecule has 0 saturated carbocycles. The lowest BCUT2D eigenvalue weighted by molar-refractivity contribution is 0.568. The summed E-state index contributed by atoms with van der Waals surface area (Å²) >= 11 is 6.71. The standard InChI is InChI=1S/C14H17N3S2/c1-14(2,11-6-4-8-19-11)9-16-12-7-3-5-10(17-12)13(15)18/h3-8H,9H2,1-2H3,(H2,15,18)(H,16,17). The Hall–Kier alpha value is -1.46. The third-order valence-corrected chi connectivity index (χ3v) is 4.35. The van der Waals surface area contributed by atoms with Crippen LogP contribution < -0.4 is 11.1 Å². The van der Waals surface area contributed by atoms with Gasteiger partial charge in [-0.1, -0.05) is 38.2 Å². The van der Waals surface area contributed by atoms with Crippen LogP contribution in [0.5, 0.6) is 0 Å². The third kappa shape index (κ3) is 3.52. The molecule has 0 spiro atoms. The molecule has 0 unspecified atom stereocenters. The summed E-state index contributed by atoms with van der Waals surface area (Å²) in [6, 6.07) is 9.88. The molecule has 0 bridgehead atoms. The summed E-state index contributed by atoms with van der Waals surface area (Å²) in [7, 11) is 0. The first-order valence-corrected chi connectivity index (χ1v) is 7.32. The van der Waals surface area contributed by atoms with Gasteiger partial charge in [0, 0.05) is 16.8 Å². The summed E-state index contributed by atoms with van der Waals surface area (Å²) in [5.74, 6) is 0.801. The number of nitrogens with two attached hydrogens (primary N) is 1. The molecule has 100 valence electrons. The number of nitrogens with zero attached hydrogens (tertiary/aromatic N) is 1. The Kier molecular flexibility index (Phi) is 4.17. The molecule has 2 aromatic rings. The fourth-order valence-corrected chi connectivity index (χ4v) is 2.70. The van der Waals surface area contributed by atoms with Gasteiger partial charge in [-0.05, 0) is 23.6 Å². The monoisotopic (exact) mass is 291 g/mol. The number of thiocarbonyl (C=S) groups is 1. The van der Waals surface area contributed by atoms with E-state index in [1.165, 1.54) is 4.88 Å². The Morgan fingerprint density at radius 2 is 2.16 bits per heavy atom. The van der Waals surface area contributed by atoms with Crippen molar-refractivity contribution in [3.05, 3.63) is 46.3 Å². The first-order chi connectivity index (χ1) is 8.99. The maximum atomic E-state index is 5.58. The molecule has 0 radical (unpaired) electrons. The molecule has 0 aliphatic carbocycles. The largest absolute Gasteiger partial charge is 0.388 e. The SMILES string of the molecule is CC(C)(CNc1cccc(C(N)=S)n1)c1cccs1. The van der Waals surface area contributed by atoms with E-state index in [4.69, 9.17) is 18.0 Å².